The van der Waals surface area contributed by atoms with E-state index in [0.29, 0.717) is 11.3 Å². The number of hydrogen-bond acceptors (Lipinski definition) is 4. The van der Waals surface area contributed by atoms with Crippen LogP contribution in [0.15, 0.2) is 18.2 Å². The summed E-state index contributed by atoms with van der Waals surface area (Å²) in [5.74, 6) is 0. The van der Waals surface area contributed by atoms with E-state index >= 15 is 0 Å². The second kappa shape index (κ2) is 4.49. The second-order valence-corrected chi connectivity index (χ2v) is 3.89. The molecule has 0 aromatic heterocycles. The maximum atomic E-state index is 10.9. The Morgan fingerprint density at radius 3 is 2.62 bits per heavy atom. The van der Waals surface area contributed by atoms with Crippen molar-refractivity contribution in [2.45, 2.75) is 19.4 Å². The van der Waals surface area contributed by atoms with E-state index in [-0.39, 0.29) is 17.2 Å². The monoisotopic (exact) mass is 222 g/mol. The van der Waals surface area contributed by atoms with Crippen molar-refractivity contribution in [1.29, 1.82) is 0 Å². The molecule has 0 radical (unpaired) electrons. The third-order valence-corrected chi connectivity index (χ3v) is 2.89. The van der Waals surface area contributed by atoms with Crippen molar-refractivity contribution in [3.63, 3.8) is 0 Å². The zero-order valence-electron chi connectivity index (χ0n) is 8.93. The summed E-state index contributed by atoms with van der Waals surface area (Å²) >= 11 is 0. The van der Waals surface area contributed by atoms with E-state index in [4.69, 9.17) is 0 Å². The third kappa shape index (κ3) is 1.86. The molecule has 1 fully saturated rings. The summed E-state index contributed by atoms with van der Waals surface area (Å²) in [6.07, 6.45) is 2.10. The Kier molecular flexibility index (Phi) is 3.05. The summed E-state index contributed by atoms with van der Waals surface area (Å²) in [6, 6.07) is 4.84. The smallest absolute Gasteiger partial charge is 0.292 e. The van der Waals surface area contributed by atoms with Gasteiger partial charge in [0.15, 0.2) is 0 Å². The molecule has 0 atom stereocenters. The predicted octanol–water partition coefficient (Wildman–Crippen LogP) is 1.69. The molecule has 1 aliphatic rings. The molecule has 0 aliphatic carbocycles. The molecule has 86 valence electrons. The van der Waals surface area contributed by atoms with Crippen molar-refractivity contribution in [2.24, 2.45) is 0 Å². The van der Waals surface area contributed by atoms with Crippen LogP contribution in [0.5, 0.6) is 0 Å². The van der Waals surface area contributed by atoms with Crippen LogP contribution < -0.4 is 4.90 Å². The summed E-state index contributed by atoms with van der Waals surface area (Å²) in [5.41, 5.74) is 1.32. The van der Waals surface area contributed by atoms with Crippen LogP contribution in [0.25, 0.3) is 0 Å². The molecule has 2 rings (SSSR count). The van der Waals surface area contributed by atoms with Crippen molar-refractivity contribution in [3.8, 4) is 0 Å². The Labute approximate surface area is 93.5 Å². The summed E-state index contributed by atoms with van der Waals surface area (Å²) in [7, 11) is 0. The first-order valence-corrected chi connectivity index (χ1v) is 5.36. The largest absolute Gasteiger partial charge is 0.392 e. The minimum Gasteiger partial charge on any atom is -0.392 e. The molecule has 1 N–H and O–H groups in total. The van der Waals surface area contributed by atoms with Gasteiger partial charge in [-0.2, -0.15) is 0 Å². The molecule has 0 unspecified atom stereocenters. The Morgan fingerprint density at radius 2 is 2.06 bits per heavy atom. The maximum Gasteiger partial charge on any atom is 0.292 e. The molecule has 0 saturated carbocycles. The SMILES string of the molecule is O=[N+]([O-])c1cccc(CO)c1N1CCCC1. The van der Waals surface area contributed by atoms with Gasteiger partial charge < -0.3 is 10.0 Å². The maximum absolute atomic E-state index is 10.9. The van der Waals surface area contributed by atoms with Gasteiger partial charge in [0.25, 0.3) is 5.69 Å². The lowest BCUT2D eigenvalue weighted by molar-refractivity contribution is -0.384. The van der Waals surface area contributed by atoms with Crippen molar-refractivity contribution in [2.75, 3.05) is 18.0 Å². The van der Waals surface area contributed by atoms with Crippen LogP contribution in [0.4, 0.5) is 11.4 Å². The van der Waals surface area contributed by atoms with Gasteiger partial charge in [0.05, 0.1) is 11.5 Å². The standard InChI is InChI=1S/C11H14N2O3/c14-8-9-4-3-5-10(13(15)16)11(9)12-6-1-2-7-12/h3-5,14H,1-2,6-8H2. The van der Waals surface area contributed by atoms with Gasteiger partial charge in [0, 0.05) is 24.7 Å². The summed E-state index contributed by atoms with van der Waals surface area (Å²) in [4.78, 5) is 12.6. The fourth-order valence-corrected chi connectivity index (χ4v) is 2.16. The summed E-state index contributed by atoms with van der Waals surface area (Å²) < 4.78 is 0. The van der Waals surface area contributed by atoms with E-state index in [9.17, 15) is 15.2 Å². The molecule has 1 aliphatic heterocycles. The molecule has 1 heterocycles. The molecule has 0 spiro atoms. The number of anilines is 1. The number of nitro groups is 1. The van der Waals surface area contributed by atoms with E-state index in [1.54, 1.807) is 12.1 Å². The molecular weight excluding hydrogens is 208 g/mol. The third-order valence-electron chi connectivity index (χ3n) is 2.89. The van der Waals surface area contributed by atoms with Crippen molar-refractivity contribution in [1.82, 2.24) is 0 Å². The average Bonchev–Trinajstić information content (AvgIpc) is 2.81. The molecule has 5 nitrogen and oxygen atoms in total. The number of rotatable bonds is 3. The average molecular weight is 222 g/mol. The number of hydrogen-bond donors (Lipinski definition) is 1. The Balaban J connectivity index is 2.48. The number of nitro benzene ring substituents is 1. The molecule has 1 aromatic rings. The first kappa shape index (κ1) is 10.9. The van der Waals surface area contributed by atoms with Crippen molar-refractivity contribution >= 4 is 11.4 Å². The molecule has 0 amide bonds. The lowest BCUT2D eigenvalue weighted by Crippen LogP contribution is -2.20. The molecule has 1 saturated heterocycles. The molecular formula is C11H14N2O3. The minimum atomic E-state index is -0.382. The van der Waals surface area contributed by atoms with Gasteiger partial charge in [-0.25, -0.2) is 0 Å². The fraction of sp³-hybridized carbons (Fsp3) is 0.455. The highest BCUT2D eigenvalue weighted by Crippen LogP contribution is 2.34. The van der Waals surface area contributed by atoms with Crippen molar-refractivity contribution in [3.05, 3.63) is 33.9 Å². The van der Waals surface area contributed by atoms with Gasteiger partial charge in [0.2, 0.25) is 0 Å². The van der Waals surface area contributed by atoms with Crippen LogP contribution >= 0.6 is 0 Å². The minimum absolute atomic E-state index is 0.0912. The van der Waals surface area contributed by atoms with Crippen LogP contribution in [0, 0.1) is 10.1 Å². The Morgan fingerprint density at radius 1 is 1.38 bits per heavy atom. The molecule has 5 heteroatoms. The van der Waals surface area contributed by atoms with Gasteiger partial charge in [-0.3, -0.25) is 10.1 Å². The lowest BCUT2D eigenvalue weighted by Gasteiger charge is -2.20. The van der Waals surface area contributed by atoms with E-state index in [1.165, 1.54) is 6.07 Å². The quantitative estimate of drug-likeness (QED) is 0.624. The summed E-state index contributed by atoms with van der Waals surface area (Å²) in [6.45, 7) is 1.50. The number of aliphatic hydroxyl groups excluding tert-OH is 1. The number of benzene rings is 1. The number of aliphatic hydroxyl groups is 1. The van der Waals surface area contributed by atoms with Gasteiger partial charge in [-0.05, 0) is 12.8 Å². The molecule has 16 heavy (non-hydrogen) atoms. The zero-order chi connectivity index (χ0) is 11.5. The normalized spacial score (nSPS) is 15.4. The first-order valence-electron chi connectivity index (χ1n) is 5.36. The predicted molar refractivity (Wildman–Crippen MR) is 60.5 cm³/mol. The summed E-state index contributed by atoms with van der Waals surface area (Å²) in [5, 5.41) is 20.2. The highest BCUT2D eigenvalue weighted by atomic mass is 16.6. The van der Waals surface area contributed by atoms with E-state index in [1.807, 2.05) is 4.90 Å². The zero-order valence-corrected chi connectivity index (χ0v) is 8.93. The number of para-hydroxylation sites is 1. The Hall–Kier alpha value is -1.62. The first-order chi connectivity index (χ1) is 7.74. The van der Waals surface area contributed by atoms with Crippen LogP contribution in [0.3, 0.4) is 0 Å². The van der Waals surface area contributed by atoms with Crippen LogP contribution in [0.2, 0.25) is 0 Å². The number of nitrogens with zero attached hydrogens (tertiary/aromatic N) is 2. The van der Waals surface area contributed by atoms with Gasteiger partial charge >= 0.3 is 0 Å². The lowest BCUT2D eigenvalue weighted by atomic mass is 10.1. The van der Waals surface area contributed by atoms with Crippen molar-refractivity contribution < 1.29 is 10.0 Å². The van der Waals surface area contributed by atoms with Crippen LogP contribution in [-0.2, 0) is 6.61 Å². The van der Waals surface area contributed by atoms with E-state index < -0.39 is 0 Å². The molecule has 0 bridgehead atoms. The van der Waals surface area contributed by atoms with E-state index in [0.717, 1.165) is 25.9 Å². The van der Waals surface area contributed by atoms with E-state index in [2.05, 4.69) is 0 Å². The van der Waals surface area contributed by atoms with Crippen LogP contribution in [0.1, 0.15) is 18.4 Å². The van der Waals surface area contributed by atoms with Gasteiger partial charge in [0.1, 0.15) is 5.69 Å². The highest BCUT2D eigenvalue weighted by Gasteiger charge is 2.24. The second-order valence-electron chi connectivity index (χ2n) is 3.89. The Bertz CT molecular complexity index is 400. The van der Waals surface area contributed by atoms with Gasteiger partial charge in [-0.1, -0.05) is 12.1 Å². The highest BCUT2D eigenvalue weighted by molar-refractivity contribution is 5.68. The van der Waals surface area contributed by atoms with Gasteiger partial charge in [-0.15, -0.1) is 0 Å². The topological polar surface area (TPSA) is 66.6 Å². The fourth-order valence-electron chi connectivity index (χ4n) is 2.16. The van der Waals surface area contributed by atoms with Crippen LogP contribution in [-0.4, -0.2) is 23.1 Å². The molecule has 1 aromatic carbocycles.